The molecule has 0 unspecified atom stereocenters. The number of benzene rings is 1. The van der Waals surface area contributed by atoms with Crippen LogP contribution in [-0.4, -0.2) is 26.8 Å². The number of nitrogens with zero attached hydrogens (tertiary/aromatic N) is 2. The molecule has 1 aromatic heterocycles. The molecule has 126 valence electrons. The Kier molecular flexibility index (Phi) is 4.13. The van der Waals surface area contributed by atoms with Gasteiger partial charge in [-0.1, -0.05) is 12.1 Å². The third kappa shape index (κ3) is 3.18. The molecule has 1 heterocycles. The van der Waals surface area contributed by atoms with Gasteiger partial charge in [-0.25, -0.2) is 4.68 Å². The van der Waals surface area contributed by atoms with Gasteiger partial charge in [0.05, 0.1) is 29.3 Å². The molecule has 3 rings (SSSR count). The van der Waals surface area contributed by atoms with Crippen molar-refractivity contribution in [3.63, 3.8) is 0 Å². The van der Waals surface area contributed by atoms with E-state index in [9.17, 15) is 9.59 Å². The number of nitrogens with one attached hydrogen (secondary N) is 1. The first-order chi connectivity index (χ1) is 11.4. The molecule has 0 aliphatic heterocycles. The van der Waals surface area contributed by atoms with Gasteiger partial charge in [0.25, 0.3) is 0 Å². The Labute approximate surface area is 140 Å². The van der Waals surface area contributed by atoms with Crippen molar-refractivity contribution in [2.45, 2.75) is 33.2 Å². The predicted molar refractivity (Wildman–Crippen MR) is 88.8 cm³/mol. The summed E-state index contributed by atoms with van der Waals surface area (Å²) >= 11 is 0. The molecule has 0 radical (unpaired) electrons. The molecular formula is C18H21N3O3. The van der Waals surface area contributed by atoms with Gasteiger partial charge in [0.1, 0.15) is 0 Å². The summed E-state index contributed by atoms with van der Waals surface area (Å²) in [6, 6.07) is 9.70. The van der Waals surface area contributed by atoms with Gasteiger partial charge in [0, 0.05) is 5.69 Å². The maximum absolute atomic E-state index is 12.1. The van der Waals surface area contributed by atoms with Crippen molar-refractivity contribution in [1.82, 2.24) is 15.1 Å². The van der Waals surface area contributed by atoms with Crippen molar-refractivity contribution >= 4 is 11.9 Å². The van der Waals surface area contributed by atoms with E-state index in [2.05, 4.69) is 10.4 Å². The molecule has 0 spiro atoms. The monoisotopic (exact) mass is 327 g/mol. The van der Waals surface area contributed by atoms with Crippen LogP contribution in [0.25, 0.3) is 5.69 Å². The van der Waals surface area contributed by atoms with Gasteiger partial charge in [-0.2, -0.15) is 5.10 Å². The van der Waals surface area contributed by atoms with E-state index in [0.717, 1.165) is 22.6 Å². The lowest BCUT2D eigenvalue weighted by atomic mass is 10.1. The molecule has 2 N–H and O–H groups in total. The van der Waals surface area contributed by atoms with Crippen LogP contribution < -0.4 is 5.32 Å². The van der Waals surface area contributed by atoms with E-state index in [1.807, 2.05) is 55.8 Å². The Hall–Kier alpha value is -2.63. The molecule has 0 bridgehead atoms. The number of amides is 1. The van der Waals surface area contributed by atoms with Gasteiger partial charge in [-0.3, -0.25) is 9.59 Å². The Balaban J connectivity index is 1.66. The summed E-state index contributed by atoms with van der Waals surface area (Å²) in [6.07, 6.45) is 0.435. The lowest BCUT2D eigenvalue weighted by molar-refractivity contribution is -0.140. The lowest BCUT2D eigenvalue weighted by Crippen LogP contribution is -2.29. The van der Waals surface area contributed by atoms with E-state index in [1.54, 1.807) is 0 Å². The average molecular weight is 327 g/mol. The zero-order chi connectivity index (χ0) is 17.4. The van der Waals surface area contributed by atoms with E-state index in [-0.39, 0.29) is 17.9 Å². The number of aromatic nitrogens is 2. The van der Waals surface area contributed by atoms with Gasteiger partial charge in [0.15, 0.2) is 0 Å². The highest BCUT2D eigenvalue weighted by atomic mass is 16.4. The predicted octanol–water partition coefficient (Wildman–Crippen LogP) is 2.39. The first kappa shape index (κ1) is 16.2. The minimum Gasteiger partial charge on any atom is -0.481 e. The second kappa shape index (κ2) is 6.11. The zero-order valence-corrected chi connectivity index (χ0v) is 14.0. The molecule has 1 amide bonds. The molecule has 0 saturated heterocycles. The summed E-state index contributed by atoms with van der Waals surface area (Å²) in [5, 5.41) is 16.2. The minimum atomic E-state index is -0.892. The molecule has 1 aliphatic rings. The number of hydrogen-bond donors (Lipinski definition) is 2. The molecule has 1 saturated carbocycles. The number of carboxylic acids is 1. The van der Waals surface area contributed by atoms with Crippen LogP contribution in [0.1, 0.15) is 36.3 Å². The SMILES string of the molecule is Cc1cc(C)n(-c2ccc([C@H](C)NC(=O)[C@H]3C[C@@H]3C(=O)O)cc2)n1. The quantitative estimate of drug-likeness (QED) is 0.883. The van der Waals surface area contributed by atoms with Crippen molar-refractivity contribution in [3.8, 4) is 5.69 Å². The summed E-state index contributed by atoms with van der Waals surface area (Å²) in [7, 11) is 0. The van der Waals surface area contributed by atoms with Crippen molar-refractivity contribution in [1.29, 1.82) is 0 Å². The molecular weight excluding hydrogens is 306 g/mol. The third-order valence-corrected chi connectivity index (χ3v) is 4.45. The maximum atomic E-state index is 12.1. The van der Waals surface area contributed by atoms with Crippen LogP contribution in [0.5, 0.6) is 0 Å². The molecule has 3 atom stereocenters. The fraction of sp³-hybridized carbons (Fsp3) is 0.389. The van der Waals surface area contributed by atoms with Crippen LogP contribution in [0.3, 0.4) is 0 Å². The normalized spacial score (nSPS) is 20.5. The molecule has 1 fully saturated rings. The zero-order valence-electron chi connectivity index (χ0n) is 14.0. The van der Waals surface area contributed by atoms with Gasteiger partial charge >= 0.3 is 5.97 Å². The second-order valence-electron chi connectivity index (χ2n) is 6.45. The van der Waals surface area contributed by atoms with Crippen LogP contribution in [0, 0.1) is 25.7 Å². The molecule has 6 nitrogen and oxygen atoms in total. The number of carbonyl (C=O) groups excluding carboxylic acids is 1. The Bertz CT molecular complexity index is 779. The minimum absolute atomic E-state index is 0.165. The van der Waals surface area contributed by atoms with Crippen molar-refractivity contribution in [2.75, 3.05) is 0 Å². The first-order valence-electron chi connectivity index (χ1n) is 8.03. The summed E-state index contributed by atoms with van der Waals surface area (Å²) < 4.78 is 1.88. The molecule has 1 aromatic carbocycles. The fourth-order valence-corrected chi connectivity index (χ4v) is 2.96. The highest BCUT2D eigenvalue weighted by Gasteiger charge is 2.48. The van der Waals surface area contributed by atoms with E-state index < -0.39 is 11.9 Å². The van der Waals surface area contributed by atoms with Gasteiger partial charge in [-0.05, 0) is 51.0 Å². The standard InChI is InChI=1S/C18H21N3O3/c1-10-8-11(2)21(20-10)14-6-4-13(5-7-14)12(3)19-17(22)15-9-16(15)18(23)24/h4-8,12,15-16H,9H2,1-3H3,(H,19,22)(H,23,24)/t12-,15-,16-/m0/s1. The number of aryl methyl sites for hydroxylation is 2. The number of carbonyl (C=O) groups is 2. The summed E-state index contributed by atoms with van der Waals surface area (Å²) in [6.45, 7) is 5.86. The Morgan fingerprint density at radius 2 is 1.92 bits per heavy atom. The highest BCUT2D eigenvalue weighted by molar-refractivity contribution is 5.89. The van der Waals surface area contributed by atoms with Crippen LogP contribution in [0.4, 0.5) is 0 Å². The summed E-state index contributed by atoms with van der Waals surface area (Å²) in [5.41, 5.74) is 3.97. The lowest BCUT2D eigenvalue weighted by Gasteiger charge is -2.15. The first-order valence-corrected chi connectivity index (χ1v) is 8.03. The van der Waals surface area contributed by atoms with Gasteiger partial charge in [0.2, 0.25) is 5.91 Å². The second-order valence-corrected chi connectivity index (χ2v) is 6.45. The van der Waals surface area contributed by atoms with E-state index in [4.69, 9.17) is 5.11 Å². The van der Waals surface area contributed by atoms with Gasteiger partial charge < -0.3 is 10.4 Å². The van der Waals surface area contributed by atoms with Gasteiger partial charge in [-0.15, -0.1) is 0 Å². The Morgan fingerprint density at radius 1 is 1.25 bits per heavy atom. The highest BCUT2D eigenvalue weighted by Crippen LogP contribution is 2.39. The Morgan fingerprint density at radius 3 is 2.42 bits per heavy atom. The van der Waals surface area contributed by atoms with Crippen molar-refractivity contribution < 1.29 is 14.7 Å². The number of carboxylic acid groups (broad SMARTS) is 1. The average Bonchev–Trinajstić information content (AvgIpc) is 3.27. The van der Waals surface area contributed by atoms with Crippen LogP contribution in [0.15, 0.2) is 30.3 Å². The van der Waals surface area contributed by atoms with E-state index >= 15 is 0 Å². The molecule has 1 aliphatic carbocycles. The third-order valence-electron chi connectivity index (χ3n) is 4.45. The largest absolute Gasteiger partial charge is 0.481 e. The number of rotatable bonds is 5. The maximum Gasteiger partial charge on any atom is 0.307 e. The van der Waals surface area contributed by atoms with E-state index in [1.165, 1.54) is 0 Å². The smallest absolute Gasteiger partial charge is 0.307 e. The van der Waals surface area contributed by atoms with E-state index in [0.29, 0.717) is 6.42 Å². The van der Waals surface area contributed by atoms with Crippen LogP contribution >= 0.6 is 0 Å². The molecule has 6 heteroatoms. The molecule has 24 heavy (non-hydrogen) atoms. The topological polar surface area (TPSA) is 84.2 Å². The van der Waals surface area contributed by atoms with Crippen molar-refractivity contribution in [2.24, 2.45) is 11.8 Å². The summed E-state index contributed by atoms with van der Waals surface area (Å²) in [4.78, 5) is 22.9. The van der Waals surface area contributed by atoms with Crippen molar-refractivity contribution in [3.05, 3.63) is 47.3 Å². The number of aliphatic carboxylic acids is 1. The number of hydrogen-bond acceptors (Lipinski definition) is 3. The fourth-order valence-electron chi connectivity index (χ4n) is 2.96. The molecule has 2 aromatic rings. The van der Waals surface area contributed by atoms with Crippen LogP contribution in [-0.2, 0) is 9.59 Å². The van der Waals surface area contributed by atoms with Crippen LogP contribution in [0.2, 0.25) is 0 Å². The summed E-state index contributed by atoms with van der Waals surface area (Å²) in [5.74, 6) is -1.99.